The Bertz CT molecular complexity index is 813. The van der Waals surface area contributed by atoms with Crippen molar-refractivity contribution in [1.82, 2.24) is 9.88 Å². The Hall–Kier alpha value is -1.89. The van der Waals surface area contributed by atoms with Crippen molar-refractivity contribution in [2.75, 3.05) is 18.6 Å². The summed E-state index contributed by atoms with van der Waals surface area (Å²) in [7, 11) is -1.47. The molecule has 1 aromatic carbocycles. The van der Waals surface area contributed by atoms with E-state index in [1.165, 1.54) is 11.0 Å². The molecule has 0 radical (unpaired) electrons. The van der Waals surface area contributed by atoms with Crippen molar-refractivity contribution in [2.24, 2.45) is 0 Å². The first-order valence-electron chi connectivity index (χ1n) is 6.62. The molecule has 1 atom stereocenters. The predicted octanol–water partition coefficient (Wildman–Crippen LogP) is 1.57. The molecule has 3 rings (SSSR count). The van der Waals surface area contributed by atoms with E-state index in [0.29, 0.717) is 11.8 Å². The molecule has 5 nitrogen and oxygen atoms in total. The highest BCUT2D eigenvalue weighted by Gasteiger charge is 2.33. The minimum absolute atomic E-state index is 0.0101. The fourth-order valence-corrected chi connectivity index (χ4v) is 4.45. The number of aromatic amines is 1. The normalized spacial score (nSPS) is 20.8. The summed E-state index contributed by atoms with van der Waals surface area (Å²) in [5, 5.41) is 0.616. The van der Waals surface area contributed by atoms with Crippen LogP contribution in [0.2, 0.25) is 0 Å². The maximum absolute atomic E-state index is 13.6. The first-order chi connectivity index (χ1) is 9.87. The summed E-state index contributed by atoms with van der Waals surface area (Å²) in [5.41, 5.74) is 0.551. The maximum atomic E-state index is 13.6. The van der Waals surface area contributed by atoms with E-state index in [1.54, 1.807) is 25.2 Å². The Labute approximate surface area is 121 Å². The van der Waals surface area contributed by atoms with E-state index in [0.717, 1.165) is 0 Å². The van der Waals surface area contributed by atoms with Gasteiger partial charge in [-0.05, 0) is 18.6 Å². The van der Waals surface area contributed by atoms with E-state index in [1.807, 2.05) is 0 Å². The van der Waals surface area contributed by atoms with Crippen molar-refractivity contribution in [3.8, 4) is 0 Å². The molecular formula is C14H15FN2O3S. The Balaban J connectivity index is 1.88. The topological polar surface area (TPSA) is 70.2 Å². The van der Waals surface area contributed by atoms with Crippen LogP contribution in [0.1, 0.15) is 16.9 Å². The molecule has 21 heavy (non-hydrogen) atoms. The number of para-hydroxylation sites is 1. The SMILES string of the molecule is CN(C(=O)c1cc2cccc(F)c2[nH]1)C1CCS(=O)(=O)C1. The number of fused-ring (bicyclic) bond motifs is 1. The summed E-state index contributed by atoms with van der Waals surface area (Å²) in [6.07, 6.45) is 0.444. The third-order valence-corrected chi connectivity index (χ3v) is 5.66. The monoisotopic (exact) mass is 310 g/mol. The Morgan fingerprint density at radius 3 is 2.81 bits per heavy atom. The van der Waals surface area contributed by atoms with Gasteiger partial charge in [-0.15, -0.1) is 0 Å². The number of hydrogen-bond donors (Lipinski definition) is 1. The average Bonchev–Trinajstić information content (AvgIpc) is 3.01. The lowest BCUT2D eigenvalue weighted by Crippen LogP contribution is -2.37. The molecule has 1 aliphatic heterocycles. The number of carbonyl (C=O) groups is 1. The van der Waals surface area contributed by atoms with Gasteiger partial charge in [0, 0.05) is 18.5 Å². The number of nitrogens with one attached hydrogen (secondary N) is 1. The van der Waals surface area contributed by atoms with Gasteiger partial charge in [0.15, 0.2) is 9.84 Å². The maximum Gasteiger partial charge on any atom is 0.270 e. The van der Waals surface area contributed by atoms with Crippen molar-refractivity contribution in [3.05, 3.63) is 35.8 Å². The summed E-state index contributed by atoms with van der Waals surface area (Å²) in [4.78, 5) is 16.6. The van der Waals surface area contributed by atoms with Gasteiger partial charge in [-0.2, -0.15) is 0 Å². The first-order valence-corrected chi connectivity index (χ1v) is 8.44. The number of H-pyrrole nitrogens is 1. The molecule has 7 heteroatoms. The van der Waals surface area contributed by atoms with Crippen LogP contribution in [0.25, 0.3) is 10.9 Å². The molecule has 0 spiro atoms. The number of benzene rings is 1. The van der Waals surface area contributed by atoms with Gasteiger partial charge >= 0.3 is 0 Å². The van der Waals surface area contributed by atoms with E-state index >= 15 is 0 Å². The van der Waals surface area contributed by atoms with Crippen LogP contribution < -0.4 is 0 Å². The van der Waals surface area contributed by atoms with Crippen molar-refractivity contribution in [3.63, 3.8) is 0 Å². The second kappa shape index (κ2) is 4.84. The molecule has 1 aliphatic rings. The molecule has 1 aromatic heterocycles. The van der Waals surface area contributed by atoms with Gasteiger partial charge < -0.3 is 9.88 Å². The van der Waals surface area contributed by atoms with Crippen LogP contribution in [-0.4, -0.2) is 48.8 Å². The number of nitrogens with zero attached hydrogens (tertiary/aromatic N) is 1. The van der Waals surface area contributed by atoms with Gasteiger partial charge in [-0.25, -0.2) is 12.8 Å². The van der Waals surface area contributed by atoms with Crippen molar-refractivity contribution >= 4 is 26.6 Å². The zero-order chi connectivity index (χ0) is 15.2. The lowest BCUT2D eigenvalue weighted by molar-refractivity contribution is 0.0743. The number of halogens is 1. The number of sulfone groups is 1. The van der Waals surface area contributed by atoms with Crippen LogP contribution in [0.15, 0.2) is 24.3 Å². The van der Waals surface area contributed by atoms with E-state index in [2.05, 4.69) is 4.98 Å². The summed E-state index contributed by atoms with van der Waals surface area (Å²) in [6, 6.07) is 5.87. The molecule has 1 fully saturated rings. The fraction of sp³-hybridized carbons (Fsp3) is 0.357. The second-order valence-electron chi connectivity index (χ2n) is 5.36. The van der Waals surface area contributed by atoms with Crippen LogP contribution in [0.4, 0.5) is 4.39 Å². The van der Waals surface area contributed by atoms with Gasteiger partial charge in [0.1, 0.15) is 11.5 Å². The van der Waals surface area contributed by atoms with Crippen LogP contribution in [0.5, 0.6) is 0 Å². The first kappa shape index (κ1) is 14.1. The lowest BCUT2D eigenvalue weighted by Gasteiger charge is -2.22. The van der Waals surface area contributed by atoms with Gasteiger partial charge in [0.25, 0.3) is 5.91 Å². The van der Waals surface area contributed by atoms with Gasteiger partial charge in [-0.3, -0.25) is 4.79 Å². The molecule has 1 unspecified atom stereocenters. The molecule has 1 saturated heterocycles. The lowest BCUT2D eigenvalue weighted by atomic mass is 10.2. The molecular weight excluding hydrogens is 295 g/mol. The minimum atomic E-state index is -3.05. The van der Waals surface area contributed by atoms with E-state index < -0.39 is 15.7 Å². The summed E-state index contributed by atoms with van der Waals surface area (Å²) >= 11 is 0. The highest BCUT2D eigenvalue weighted by atomic mass is 32.2. The molecule has 2 heterocycles. The number of carbonyl (C=O) groups excluding carboxylic acids is 1. The zero-order valence-corrected chi connectivity index (χ0v) is 12.3. The van der Waals surface area contributed by atoms with Crippen molar-refractivity contribution in [1.29, 1.82) is 0 Å². The molecule has 1 N–H and O–H groups in total. The van der Waals surface area contributed by atoms with Crippen LogP contribution >= 0.6 is 0 Å². The van der Waals surface area contributed by atoms with Gasteiger partial charge in [-0.1, -0.05) is 12.1 Å². The van der Waals surface area contributed by atoms with Gasteiger partial charge in [0.05, 0.1) is 17.0 Å². The molecule has 0 aliphatic carbocycles. The minimum Gasteiger partial charge on any atom is -0.348 e. The van der Waals surface area contributed by atoms with Crippen LogP contribution in [0, 0.1) is 5.82 Å². The molecule has 2 aromatic rings. The molecule has 112 valence electrons. The molecule has 1 amide bonds. The van der Waals surface area contributed by atoms with Crippen LogP contribution in [0.3, 0.4) is 0 Å². The quantitative estimate of drug-likeness (QED) is 0.915. The summed E-state index contributed by atoms with van der Waals surface area (Å²) < 4.78 is 36.6. The molecule has 0 bridgehead atoms. The van der Waals surface area contributed by atoms with E-state index in [-0.39, 0.29) is 34.7 Å². The number of aromatic nitrogens is 1. The number of hydrogen-bond acceptors (Lipinski definition) is 3. The van der Waals surface area contributed by atoms with Gasteiger partial charge in [0.2, 0.25) is 0 Å². The van der Waals surface area contributed by atoms with Crippen LogP contribution in [-0.2, 0) is 9.84 Å². The smallest absolute Gasteiger partial charge is 0.270 e. The largest absolute Gasteiger partial charge is 0.348 e. The summed E-state index contributed by atoms with van der Waals surface area (Å²) in [6.45, 7) is 0. The average molecular weight is 310 g/mol. The Kier molecular flexibility index (Phi) is 3.24. The molecule has 0 saturated carbocycles. The van der Waals surface area contributed by atoms with E-state index in [9.17, 15) is 17.6 Å². The predicted molar refractivity (Wildman–Crippen MR) is 77.4 cm³/mol. The summed E-state index contributed by atoms with van der Waals surface area (Å²) in [5.74, 6) is -0.647. The highest BCUT2D eigenvalue weighted by molar-refractivity contribution is 7.91. The zero-order valence-electron chi connectivity index (χ0n) is 11.5. The third kappa shape index (κ3) is 2.53. The second-order valence-corrected chi connectivity index (χ2v) is 7.59. The Morgan fingerprint density at radius 1 is 1.43 bits per heavy atom. The Morgan fingerprint density at radius 2 is 2.19 bits per heavy atom. The highest BCUT2D eigenvalue weighted by Crippen LogP contribution is 2.22. The van der Waals surface area contributed by atoms with Crippen molar-refractivity contribution in [2.45, 2.75) is 12.5 Å². The number of amides is 1. The standard InChI is InChI=1S/C14H15FN2O3S/c1-17(10-5-6-21(19,20)8-10)14(18)12-7-9-3-2-4-11(15)13(9)16-12/h2-4,7,10,16H,5-6,8H2,1H3. The fourth-order valence-electron chi connectivity index (χ4n) is 2.67. The third-order valence-electron chi connectivity index (χ3n) is 3.91. The van der Waals surface area contributed by atoms with E-state index in [4.69, 9.17) is 0 Å². The number of rotatable bonds is 2. The van der Waals surface area contributed by atoms with Crippen molar-refractivity contribution < 1.29 is 17.6 Å².